The van der Waals surface area contributed by atoms with Crippen LogP contribution >= 0.6 is 0 Å². The van der Waals surface area contributed by atoms with E-state index in [2.05, 4.69) is 6.08 Å². The van der Waals surface area contributed by atoms with Gasteiger partial charge in [0.2, 0.25) is 10.0 Å². The zero-order valence-corrected chi connectivity index (χ0v) is 9.67. The molecule has 3 nitrogen and oxygen atoms in total. The van der Waals surface area contributed by atoms with E-state index in [0.717, 1.165) is 31.3 Å². The summed E-state index contributed by atoms with van der Waals surface area (Å²) in [7, 11) is -3.05. The molecule has 2 rings (SSSR count). The van der Waals surface area contributed by atoms with Gasteiger partial charge in [-0.2, -0.15) is 0 Å². The van der Waals surface area contributed by atoms with E-state index in [1.807, 2.05) is 12.2 Å². The summed E-state index contributed by atoms with van der Waals surface area (Å²) < 4.78 is 25.5. The highest BCUT2D eigenvalue weighted by Gasteiger charge is 2.25. The van der Waals surface area contributed by atoms with Gasteiger partial charge in [0.1, 0.15) is 0 Å². The molecule has 0 aromatic carbocycles. The lowest BCUT2D eigenvalue weighted by Crippen LogP contribution is -2.30. The fraction of sp³-hybridized carbons (Fsp3) is 0.636. The Bertz CT molecular complexity index is 375. The van der Waals surface area contributed by atoms with Gasteiger partial charge in [0, 0.05) is 13.1 Å². The average Bonchev–Trinajstić information content (AvgIpc) is 2.71. The van der Waals surface area contributed by atoms with E-state index < -0.39 is 10.0 Å². The Balaban J connectivity index is 2.03. The molecule has 84 valence electrons. The summed E-state index contributed by atoms with van der Waals surface area (Å²) in [6.45, 7) is 1.42. The van der Waals surface area contributed by atoms with Crippen molar-refractivity contribution in [2.75, 3.05) is 18.8 Å². The third-order valence-corrected chi connectivity index (χ3v) is 4.73. The van der Waals surface area contributed by atoms with Crippen LogP contribution in [0.15, 0.2) is 23.8 Å². The second-order valence-electron chi connectivity index (χ2n) is 4.12. The molecule has 0 saturated carbocycles. The standard InChI is InChI=1S/C11H17NO2S/c13-15(14,12-8-4-5-9-12)10-11-6-2-1-3-7-11/h2,6-7H,1,3-5,8-10H2. The van der Waals surface area contributed by atoms with E-state index in [9.17, 15) is 8.42 Å². The second-order valence-corrected chi connectivity index (χ2v) is 6.09. The van der Waals surface area contributed by atoms with Crippen molar-refractivity contribution in [3.63, 3.8) is 0 Å². The van der Waals surface area contributed by atoms with Crippen LogP contribution in [-0.4, -0.2) is 31.6 Å². The topological polar surface area (TPSA) is 37.4 Å². The molecule has 0 unspecified atom stereocenters. The van der Waals surface area contributed by atoms with Crippen LogP contribution in [0, 0.1) is 0 Å². The smallest absolute Gasteiger partial charge is 0.212 e. The van der Waals surface area contributed by atoms with Crippen molar-refractivity contribution in [1.82, 2.24) is 4.31 Å². The van der Waals surface area contributed by atoms with Crippen LogP contribution in [0.3, 0.4) is 0 Å². The fourth-order valence-corrected chi connectivity index (χ4v) is 3.68. The minimum atomic E-state index is -3.05. The molecule has 0 N–H and O–H groups in total. The van der Waals surface area contributed by atoms with Crippen LogP contribution < -0.4 is 0 Å². The SMILES string of the molecule is O=S(=O)(CC1=CCCC=C1)N1CCCC1. The van der Waals surface area contributed by atoms with Gasteiger partial charge in [0.05, 0.1) is 5.75 Å². The summed E-state index contributed by atoms with van der Waals surface area (Å²) in [6.07, 6.45) is 10.1. The van der Waals surface area contributed by atoms with E-state index >= 15 is 0 Å². The second kappa shape index (κ2) is 4.49. The van der Waals surface area contributed by atoms with Gasteiger partial charge in [-0.1, -0.05) is 18.2 Å². The number of hydrogen-bond acceptors (Lipinski definition) is 2. The largest absolute Gasteiger partial charge is 0.218 e. The number of sulfonamides is 1. The molecule has 1 heterocycles. The van der Waals surface area contributed by atoms with Crippen molar-refractivity contribution in [1.29, 1.82) is 0 Å². The molecular weight excluding hydrogens is 210 g/mol. The van der Waals surface area contributed by atoms with Crippen LogP contribution in [0.2, 0.25) is 0 Å². The molecule has 1 aliphatic carbocycles. The molecule has 0 radical (unpaired) electrons. The van der Waals surface area contributed by atoms with Gasteiger partial charge in [0.15, 0.2) is 0 Å². The molecule has 15 heavy (non-hydrogen) atoms. The van der Waals surface area contributed by atoms with Crippen LogP contribution in [0.1, 0.15) is 25.7 Å². The maximum atomic E-state index is 12.0. The molecule has 1 fully saturated rings. The third-order valence-electron chi connectivity index (χ3n) is 2.88. The Morgan fingerprint density at radius 3 is 2.53 bits per heavy atom. The number of hydrogen-bond donors (Lipinski definition) is 0. The van der Waals surface area contributed by atoms with Crippen LogP contribution in [0.5, 0.6) is 0 Å². The lowest BCUT2D eigenvalue weighted by molar-refractivity contribution is 0.479. The Morgan fingerprint density at radius 2 is 1.93 bits per heavy atom. The molecule has 1 saturated heterocycles. The quantitative estimate of drug-likeness (QED) is 0.735. The molecule has 0 spiro atoms. The molecule has 0 atom stereocenters. The van der Waals surface area contributed by atoms with Crippen molar-refractivity contribution >= 4 is 10.0 Å². The van der Waals surface area contributed by atoms with Gasteiger partial charge >= 0.3 is 0 Å². The van der Waals surface area contributed by atoms with Crippen LogP contribution in [0.25, 0.3) is 0 Å². The summed E-state index contributed by atoms with van der Waals surface area (Å²) in [6, 6.07) is 0. The summed E-state index contributed by atoms with van der Waals surface area (Å²) in [5.74, 6) is 0.184. The predicted octanol–water partition coefficient (Wildman–Crippen LogP) is 1.69. The monoisotopic (exact) mass is 227 g/mol. The molecule has 2 aliphatic rings. The highest BCUT2D eigenvalue weighted by Crippen LogP contribution is 2.18. The summed E-state index contributed by atoms with van der Waals surface area (Å²) in [4.78, 5) is 0. The highest BCUT2D eigenvalue weighted by atomic mass is 32.2. The molecule has 0 aromatic rings. The Morgan fingerprint density at radius 1 is 1.20 bits per heavy atom. The van der Waals surface area contributed by atoms with Crippen molar-refractivity contribution in [3.8, 4) is 0 Å². The maximum Gasteiger partial charge on any atom is 0.218 e. The average molecular weight is 227 g/mol. The maximum absolute atomic E-state index is 12.0. The van der Waals surface area contributed by atoms with Gasteiger partial charge in [-0.3, -0.25) is 0 Å². The van der Waals surface area contributed by atoms with E-state index in [0.29, 0.717) is 13.1 Å². The van der Waals surface area contributed by atoms with Crippen molar-refractivity contribution in [3.05, 3.63) is 23.8 Å². The van der Waals surface area contributed by atoms with Gasteiger partial charge in [-0.15, -0.1) is 0 Å². The zero-order chi connectivity index (χ0) is 10.7. The molecule has 1 aliphatic heterocycles. The first-order chi connectivity index (χ1) is 7.18. The number of nitrogens with zero attached hydrogens (tertiary/aromatic N) is 1. The fourth-order valence-electron chi connectivity index (χ4n) is 2.04. The lowest BCUT2D eigenvalue weighted by Gasteiger charge is -2.16. The molecule has 0 aromatic heterocycles. The molecular formula is C11H17NO2S. The van der Waals surface area contributed by atoms with E-state index in [-0.39, 0.29) is 5.75 Å². The van der Waals surface area contributed by atoms with E-state index in [1.54, 1.807) is 4.31 Å². The van der Waals surface area contributed by atoms with Gasteiger partial charge < -0.3 is 0 Å². The van der Waals surface area contributed by atoms with Crippen molar-refractivity contribution in [2.24, 2.45) is 0 Å². The third kappa shape index (κ3) is 2.69. The Hall–Kier alpha value is -0.610. The molecule has 0 amide bonds. The van der Waals surface area contributed by atoms with Gasteiger partial charge in [-0.05, 0) is 31.3 Å². The number of allylic oxidation sites excluding steroid dienone is 3. The van der Waals surface area contributed by atoms with Crippen molar-refractivity contribution in [2.45, 2.75) is 25.7 Å². The minimum Gasteiger partial charge on any atom is -0.212 e. The summed E-state index contributed by atoms with van der Waals surface area (Å²) >= 11 is 0. The first-order valence-corrected chi connectivity index (χ1v) is 7.13. The predicted molar refractivity (Wildman–Crippen MR) is 61.1 cm³/mol. The zero-order valence-electron chi connectivity index (χ0n) is 8.85. The lowest BCUT2D eigenvalue weighted by atomic mass is 10.1. The van der Waals surface area contributed by atoms with Gasteiger partial charge in [0.25, 0.3) is 0 Å². The first kappa shape index (κ1) is 10.9. The van der Waals surface area contributed by atoms with Crippen LogP contribution in [-0.2, 0) is 10.0 Å². The van der Waals surface area contributed by atoms with E-state index in [4.69, 9.17) is 0 Å². The minimum absolute atomic E-state index is 0.184. The van der Waals surface area contributed by atoms with Crippen LogP contribution in [0.4, 0.5) is 0 Å². The highest BCUT2D eigenvalue weighted by molar-refractivity contribution is 7.89. The van der Waals surface area contributed by atoms with E-state index in [1.165, 1.54) is 0 Å². The normalized spacial score (nSPS) is 23.1. The Kier molecular flexibility index (Phi) is 3.26. The summed E-state index contributed by atoms with van der Waals surface area (Å²) in [5, 5.41) is 0. The number of rotatable bonds is 3. The molecule has 0 bridgehead atoms. The van der Waals surface area contributed by atoms with Gasteiger partial charge in [-0.25, -0.2) is 12.7 Å². The Labute approximate surface area is 91.5 Å². The first-order valence-electron chi connectivity index (χ1n) is 5.52. The summed E-state index contributed by atoms with van der Waals surface area (Å²) in [5.41, 5.74) is 0.952. The molecule has 4 heteroatoms. The van der Waals surface area contributed by atoms with Crippen molar-refractivity contribution < 1.29 is 8.42 Å².